The van der Waals surface area contributed by atoms with Gasteiger partial charge in [0.1, 0.15) is 22.3 Å². The fourth-order valence-corrected chi connectivity index (χ4v) is 4.93. The van der Waals surface area contributed by atoms with Crippen LogP contribution in [0.3, 0.4) is 0 Å². The molecule has 1 N–H and O–H groups in total. The second-order valence-corrected chi connectivity index (χ2v) is 9.91. The summed E-state index contributed by atoms with van der Waals surface area (Å²) in [4.78, 5) is 32.7. The SMILES string of the molecule is O=C(NCc1ccc(F)cc1)c1csc(CN(Cc2ccc(F)cc2)C(=O)CSc2ccccc2)n1. The lowest BCUT2D eigenvalue weighted by Crippen LogP contribution is -2.31. The summed E-state index contributed by atoms with van der Waals surface area (Å²) in [6.45, 7) is 0.763. The number of nitrogens with one attached hydrogen (secondary N) is 1. The lowest BCUT2D eigenvalue weighted by atomic mass is 10.2. The van der Waals surface area contributed by atoms with Crippen LogP contribution in [-0.4, -0.2) is 27.5 Å². The topological polar surface area (TPSA) is 62.3 Å². The van der Waals surface area contributed by atoms with Gasteiger partial charge in [0, 0.05) is 23.4 Å². The Hall–Kier alpha value is -3.56. The second kappa shape index (κ2) is 12.4. The minimum atomic E-state index is -0.349. The number of amides is 2. The molecule has 2 amide bonds. The van der Waals surface area contributed by atoms with Gasteiger partial charge in [0.25, 0.3) is 5.91 Å². The highest BCUT2D eigenvalue weighted by Crippen LogP contribution is 2.20. The highest BCUT2D eigenvalue weighted by atomic mass is 32.2. The Kier molecular flexibility index (Phi) is 8.80. The molecular weight excluding hydrogens is 500 g/mol. The Morgan fingerprint density at radius 3 is 2.17 bits per heavy atom. The van der Waals surface area contributed by atoms with Crippen LogP contribution in [0.5, 0.6) is 0 Å². The van der Waals surface area contributed by atoms with Crippen LogP contribution in [0.1, 0.15) is 26.6 Å². The number of halogens is 2. The predicted molar refractivity (Wildman–Crippen MR) is 138 cm³/mol. The number of carbonyl (C=O) groups excluding carboxylic acids is 2. The molecule has 0 radical (unpaired) electrons. The largest absolute Gasteiger partial charge is 0.347 e. The zero-order valence-electron chi connectivity index (χ0n) is 19.2. The molecule has 184 valence electrons. The van der Waals surface area contributed by atoms with E-state index in [-0.39, 0.29) is 48.0 Å². The Morgan fingerprint density at radius 2 is 1.50 bits per heavy atom. The molecule has 4 aromatic rings. The monoisotopic (exact) mass is 523 g/mol. The molecule has 36 heavy (non-hydrogen) atoms. The number of thioether (sulfide) groups is 1. The van der Waals surface area contributed by atoms with Gasteiger partial charge in [-0.2, -0.15) is 0 Å². The van der Waals surface area contributed by atoms with Gasteiger partial charge in [-0.3, -0.25) is 9.59 Å². The molecule has 0 atom stereocenters. The highest BCUT2D eigenvalue weighted by Gasteiger charge is 2.18. The van der Waals surface area contributed by atoms with Crippen LogP contribution in [0, 0.1) is 11.6 Å². The molecule has 0 saturated carbocycles. The molecule has 0 aliphatic carbocycles. The van der Waals surface area contributed by atoms with Crippen LogP contribution in [-0.2, 0) is 24.4 Å². The first-order valence-electron chi connectivity index (χ1n) is 11.1. The lowest BCUT2D eigenvalue weighted by molar-refractivity contribution is -0.129. The van der Waals surface area contributed by atoms with Gasteiger partial charge in [-0.1, -0.05) is 42.5 Å². The summed E-state index contributed by atoms with van der Waals surface area (Å²) in [5, 5.41) is 5.03. The van der Waals surface area contributed by atoms with E-state index < -0.39 is 0 Å². The van der Waals surface area contributed by atoms with Gasteiger partial charge in [0.05, 0.1) is 12.3 Å². The maximum Gasteiger partial charge on any atom is 0.271 e. The number of carbonyl (C=O) groups is 2. The average molecular weight is 524 g/mol. The van der Waals surface area contributed by atoms with E-state index in [0.717, 1.165) is 16.0 Å². The minimum Gasteiger partial charge on any atom is -0.347 e. The van der Waals surface area contributed by atoms with Crippen LogP contribution in [0.2, 0.25) is 0 Å². The molecule has 3 aromatic carbocycles. The molecule has 0 saturated heterocycles. The standard InChI is InChI=1S/C27H23F2N3O2S2/c28-21-10-6-19(7-11-21)14-30-27(34)24-17-36-25(31-24)16-32(15-20-8-12-22(29)13-9-20)26(33)18-35-23-4-2-1-3-5-23/h1-13,17H,14-16,18H2,(H,30,34). The lowest BCUT2D eigenvalue weighted by Gasteiger charge is -2.22. The molecule has 4 rings (SSSR count). The summed E-state index contributed by atoms with van der Waals surface area (Å²) in [5.41, 5.74) is 1.82. The summed E-state index contributed by atoms with van der Waals surface area (Å²) in [6.07, 6.45) is 0. The van der Waals surface area contributed by atoms with E-state index in [0.29, 0.717) is 11.6 Å². The van der Waals surface area contributed by atoms with E-state index in [1.807, 2.05) is 30.3 Å². The molecule has 0 spiro atoms. The maximum atomic E-state index is 13.4. The number of nitrogens with zero attached hydrogens (tertiary/aromatic N) is 2. The average Bonchev–Trinajstić information content (AvgIpc) is 3.37. The van der Waals surface area contributed by atoms with Crippen LogP contribution in [0.25, 0.3) is 0 Å². The van der Waals surface area contributed by atoms with E-state index in [2.05, 4.69) is 10.3 Å². The number of aromatic nitrogens is 1. The number of hydrogen-bond acceptors (Lipinski definition) is 5. The molecule has 1 aromatic heterocycles. The molecule has 1 heterocycles. The fourth-order valence-electron chi connectivity index (χ4n) is 3.32. The molecule has 9 heteroatoms. The smallest absolute Gasteiger partial charge is 0.271 e. The summed E-state index contributed by atoms with van der Waals surface area (Å²) < 4.78 is 26.4. The Bertz CT molecular complexity index is 1300. The normalized spacial score (nSPS) is 10.7. The number of rotatable bonds is 10. The maximum absolute atomic E-state index is 13.4. The summed E-state index contributed by atoms with van der Waals surface area (Å²) >= 11 is 2.73. The summed E-state index contributed by atoms with van der Waals surface area (Å²) in [7, 11) is 0. The van der Waals surface area contributed by atoms with Crippen molar-refractivity contribution in [1.29, 1.82) is 0 Å². The first-order chi connectivity index (χ1) is 17.5. The van der Waals surface area contributed by atoms with Gasteiger partial charge < -0.3 is 10.2 Å². The fraction of sp³-hybridized carbons (Fsp3) is 0.148. The minimum absolute atomic E-state index is 0.0920. The Labute approximate surface area is 216 Å². The highest BCUT2D eigenvalue weighted by molar-refractivity contribution is 8.00. The Morgan fingerprint density at radius 1 is 0.861 bits per heavy atom. The quantitative estimate of drug-likeness (QED) is 0.272. The number of benzene rings is 3. The second-order valence-electron chi connectivity index (χ2n) is 7.91. The van der Waals surface area contributed by atoms with Crippen molar-refractivity contribution >= 4 is 34.9 Å². The van der Waals surface area contributed by atoms with E-state index >= 15 is 0 Å². The predicted octanol–water partition coefficient (Wildman–Crippen LogP) is 5.67. The van der Waals surface area contributed by atoms with E-state index in [9.17, 15) is 18.4 Å². The van der Waals surface area contributed by atoms with Crippen LogP contribution in [0.4, 0.5) is 8.78 Å². The van der Waals surface area contributed by atoms with Crippen LogP contribution >= 0.6 is 23.1 Å². The van der Waals surface area contributed by atoms with Crippen molar-refractivity contribution < 1.29 is 18.4 Å². The van der Waals surface area contributed by atoms with Gasteiger partial charge in [-0.15, -0.1) is 23.1 Å². The van der Waals surface area contributed by atoms with Crippen molar-refractivity contribution in [3.8, 4) is 0 Å². The van der Waals surface area contributed by atoms with Gasteiger partial charge >= 0.3 is 0 Å². The third-order valence-electron chi connectivity index (χ3n) is 5.22. The summed E-state index contributed by atoms with van der Waals surface area (Å²) in [5.74, 6) is -0.881. The number of thiazole rings is 1. The third-order valence-corrected chi connectivity index (χ3v) is 7.05. The molecule has 0 unspecified atom stereocenters. The zero-order chi connectivity index (χ0) is 25.3. The van der Waals surface area contributed by atoms with Crippen molar-refractivity contribution in [2.45, 2.75) is 24.5 Å². The van der Waals surface area contributed by atoms with E-state index in [4.69, 9.17) is 0 Å². The van der Waals surface area contributed by atoms with E-state index in [1.54, 1.807) is 34.5 Å². The van der Waals surface area contributed by atoms with Crippen molar-refractivity contribution in [2.75, 3.05) is 5.75 Å². The van der Waals surface area contributed by atoms with Crippen LogP contribution < -0.4 is 5.32 Å². The Balaban J connectivity index is 1.41. The van der Waals surface area contributed by atoms with Gasteiger partial charge in [0.2, 0.25) is 5.91 Å². The molecule has 5 nitrogen and oxygen atoms in total. The van der Waals surface area contributed by atoms with Crippen molar-refractivity contribution in [3.05, 3.63) is 118 Å². The first-order valence-corrected chi connectivity index (χ1v) is 13.0. The molecular formula is C27H23F2N3O2S2. The van der Waals surface area contributed by atoms with Crippen molar-refractivity contribution in [1.82, 2.24) is 15.2 Å². The van der Waals surface area contributed by atoms with Gasteiger partial charge in [-0.05, 0) is 47.5 Å². The first kappa shape index (κ1) is 25.5. The molecule has 0 fully saturated rings. The van der Waals surface area contributed by atoms with E-state index in [1.165, 1.54) is 47.4 Å². The molecule has 0 aliphatic heterocycles. The summed E-state index contributed by atoms with van der Waals surface area (Å²) in [6, 6.07) is 21.6. The zero-order valence-corrected chi connectivity index (χ0v) is 20.8. The number of hydrogen-bond donors (Lipinski definition) is 1. The van der Waals surface area contributed by atoms with Gasteiger partial charge in [-0.25, -0.2) is 13.8 Å². The molecule has 0 bridgehead atoms. The van der Waals surface area contributed by atoms with Crippen molar-refractivity contribution in [2.24, 2.45) is 0 Å². The third kappa shape index (κ3) is 7.47. The van der Waals surface area contributed by atoms with Crippen molar-refractivity contribution in [3.63, 3.8) is 0 Å². The molecule has 0 aliphatic rings. The van der Waals surface area contributed by atoms with Gasteiger partial charge in [0.15, 0.2) is 0 Å². The van der Waals surface area contributed by atoms with Crippen LogP contribution in [0.15, 0.2) is 89.1 Å².